The van der Waals surface area contributed by atoms with Crippen molar-refractivity contribution in [2.45, 2.75) is 25.4 Å². The summed E-state index contributed by atoms with van der Waals surface area (Å²) in [5.74, 6) is -2.44. The lowest BCUT2D eigenvalue weighted by atomic mass is 10.2. The Bertz CT molecular complexity index is 973. The third-order valence-electron chi connectivity index (χ3n) is 4.66. The van der Waals surface area contributed by atoms with Crippen LogP contribution in [0, 0.1) is 5.82 Å². The minimum absolute atomic E-state index is 0.0540. The molecule has 2 heterocycles. The molecule has 1 saturated heterocycles. The van der Waals surface area contributed by atoms with Crippen molar-refractivity contribution in [2.75, 3.05) is 11.4 Å². The molecular weight excluding hydrogens is 369 g/mol. The van der Waals surface area contributed by atoms with Gasteiger partial charge >= 0.3 is 0 Å². The number of aromatic hydroxyl groups is 1. The van der Waals surface area contributed by atoms with Crippen molar-refractivity contribution in [1.82, 2.24) is 14.9 Å². The molecule has 1 fully saturated rings. The average molecular weight is 389 g/mol. The van der Waals surface area contributed by atoms with Gasteiger partial charge in [-0.25, -0.2) is 9.37 Å². The van der Waals surface area contributed by atoms with Gasteiger partial charge < -0.3 is 21.1 Å². The van der Waals surface area contributed by atoms with Gasteiger partial charge in [0.2, 0.25) is 17.6 Å². The number of hydrogen-bond donors (Lipinski definition) is 3. The fourth-order valence-electron chi connectivity index (χ4n) is 3.16. The number of nitrogens with zero attached hydrogens (tertiary/aromatic N) is 3. The van der Waals surface area contributed by atoms with Gasteiger partial charge in [-0.2, -0.15) is 0 Å². The Balaban J connectivity index is 1.89. The van der Waals surface area contributed by atoms with E-state index in [1.807, 2.05) is 0 Å². The number of nitrogens with one attached hydrogen (secondary N) is 1. The normalized spacial score (nSPS) is 16.2. The number of primary amides is 1. The molecule has 3 rings (SSSR count). The van der Waals surface area contributed by atoms with Crippen LogP contribution in [0.2, 0.25) is 0 Å². The summed E-state index contributed by atoms with van der Waals surface area (Å²) < 4.78 is 14.0. The molecule has 2 amide bonds. The van der Waals surface area contributed by atoms with Crippen molar-refractivity contribution in [3.05, 3.63) is 51.7 Å². The lowest BCUT2D eigenvalue weighted by Gasteiger charge is -2.25. The van der Waals surface area contributed by atoms with Crippen LogP contribution in [0.5, 0.6) is 5.75 Å². The van der Waals surface area contributed by atoms with Crippen LogP contribution in [0.15, 0.2) is 29.1 Å². The quantitative estimate of drug-likeness (QED) is 0.660. The van der Waals surface area contributed by atoms with Gasteiger partial charge in [0, 0.05) is 20.1 Å². The van der Waals surface area contributed by atoms with Crippen molar-refractivity contribution in [2.24, 2.45) is 12.8 Å². The molecule has 1 aromatic carbocycles. The molecule has 0 radical (unpaired) electrons. The van der Waals surface area contributed by atoms with Gasteiger partial charge in [0.05, 0.1) is 0 Å². The zero-order valence-corrected chi connectivity index (χ0v) is 15.2. The zero-order chi connectivity index (χ0) is 20.4. The lowest BCUT2D eigenvalue weighted by molar-refractivity contribution is -0.119. The molecule has 1 aliphatic rings. The van der Waals surface area contributed by atoms with Gasteiger partial charge in [-0.15, -0.1) is 0 Å². The Morgan fingerprint density at radius 2 is 2.04 bits per heavy atom. The summed E-state index contributed by atoms with van der Waals surface area (Å²) in [7, 11) is 1.39. The SMILES string of the molecule is Cn1c(N2CCCC2C(N)=O)nc(C(=O)NCc2ccc(F)cc2)c(O)c1=O. The van der Waals surface area contributed by atoms with Crippen molar-refractivity contribution < 1.29 is 19.1 Å². The van der Waals surface area contributed by atoms with E-state index in [2.05, 4.69) is 10.3 Å². The Kier molecular flexibility index (Phi) is 5.30. The molecule has 0 saturated carbocycles. The number of carbonyl (C=O) groups excluding carboxylic acids is 2. The fourth-order valence-corrected chi connectivity index (χ4v) is 3.16. The largest absolute Gasteiger partial charge is 0.501 e. The number of halogens is 1. The number of hydrogen-bond acceptors (Lipinski definition) is 6. The predicted molar refractivity (Wildman–Crippen MR) is 98.3 cm³/mol. The molecule has 0 spiro atoms. The second-order valence-electron chi connectivity index (χ2n) is 6.54. The van der Waals surface area contributed by atoms with Crippen LogP contribution in [0.1, 0.15) is 28.9 Å². The van der Waals surface area contributed by atoms with Gasteiger partial charge in [-0.1, -0.05) is 12.1 Å². The molecule has 148 valence electrons. The van der Waals surface area contributed by atoms with E-state index >= 15 is 0 Å². The van der Waals surface area contributed by atoms with Crippen LogP contribution in [-0.2, 0) is 18.4 Å². The van der Waals surface area contributed by atoms with Gasteiger partial charge in [0.1, 0.15) is 11.9 Å². The summed E-state index contributed by atoms with van der Waals surface area (Å²) in [5, 5.41) is 12.6. The standard InChI is InChI=1S/C18H20FN5O4/c1-23-17(28)14(25)13(16(27)21-9-10-4-6-11(19)7-5-10)22-18(23)24-8-2-3-12(24)15(20)26/h4-7,12,25H,2-3,8-9H2,1H3,(H2,20,26)(H,21,27). The summed E-state index contributed by atoms with van der Waals surface area (Å²) in [6.07, 6.45) is 1.19. The monoisotopic (exact) mass is 389 g/mol. The highest BCUT2D eigenvalue weighted by atomic mass is 19.1. The van der Waals surface area contributed by atoms with Crippen molar-refractivity contribution in [3.63, 3.8) is 0 Å². The summed E-state index contributed by atoms with van der Waals surface area (Å²) in [5.41, 5.74) is 4.78. The molecule has 1 aromatic heterocycles. The fraction of sp³-hybridized carbons (Fsp3) is 0.333. The topological polar surface area (TPSA) is 131 Å². The molecule has 4 N–H and O–H groups in total. The first kappa shape index (κ1) is 19.3. The molecule has 2 aromatic rings. The molecule has 0 bridgehead atoms. The maximum absolute atomic E-state index is 13.0. The first-order chi connectivity index (χ1) is 13.3. The Labute approximate surface area is 159 Å². The van der Waals surface area contributed by atoms with Crippen LogP contribution in [0.3, 0.4) is 0 Å². The van der Waals surface area contributed by atoms with E-state index in [1.54, 1.807) is 4.90 Å². The number of aromatic nitrogens is 2. The van der Waals surface area contributed by atoms with Crippen LogP contribution >= 0.6 is 0 Å². The highest BCUT2D eigenvalue weighted by Crippen LogP contribution is 2.24. The maximum Gasteiger partial charge on any atom is 0.297 e. The average Bonchev–Trinajstić information content (AvgIpc) is 3.15. The second kappa shape index (κ2) is 7.67. The summed E-state index contributed by atoms with van der Waals surface area (Å²) in [4.78, 5) is 42.2. The molecule has 0 aliphatic carbocycles. The molecule has 1 unspecified atom stereocenters. The minimum atomic E-state index is -0.813. The molecular formula is C18H20FN5O4. The number of carbonyl (C=O) groups is 2. The summed E-state index contributed by atoms with van der Waals surface area (Å²) in [6.45, 7) is 0.494. The summed E-state index contributed by atoms with van der Waals surface area (Å²) >= 11 is 0. The van der Waals surface area contributed by atoms with Gasteiger partial charge in [-0.3, -0.25) is 19.0 Å². The third kappa shape index (κ3) is 3.66. The molecule has 1 aliphatic heterocycles. The number of rotatable bonds is 5. The van der Waals surface area contributed by atoms with Gasteiger partial charge in [0.25, 0.3) is 11.5 Å². The third-order valence-corrected chi connectivity index (χ3v) is 4.66. The van der Waals surface area contributed by atoms with Crippen LogP contribution < -0.4 is 21.5 Å². The molecule has 10 heteroatoms. The minimum Gasteiger partial charge on any atom is -0.501 e. The zero-order valence-electron chi connectivity index (χ0n) is 15.2. The maximum atomic E-state index is 13.0. The Hall–Kier alpha value is -3.43. The van der Waals surface area contributed by atoms with E-state index in [1.165, 1.54) is 31.3 Å². The second-order valence-corrected chi connectivity index (χ2v) is 6.54. The van der Waals surface area contributed by atoms with E-state index in [-0.39, 0.29) is 12.5 Å². The van der Waals surface area contributed by atoms with Crippen LogP contribution in [0.4, 0.5) is 10.3 Å². The molecule has 28 heavy (non-hydrogen) atoms. The predicted octanol–water partition coefficient (Wildman–Crippen LogP) is 0.00910. The number of benzene rings is 1. The van der Waals surface area contributed by atoms with Crippen LogP contribution in [0.25, 0.3) is 0 Å². The van der Waals surface area contributed by atoms with E-state index in [0.717, 1.165) is 4.57 Å². The highest BCUT2D eigenvalue weighted by molar-refractivity contribution is 5.95. The molecule has 9 nitrogen and oxygen atoms in total. The van der Waals surface area contributed by atoms with Crippen molar-refractivity contribution in [1.29, 1.82) is 0 Å². The molecule has 1 atom stereocenters. The van der Waals surface area contributed by atoms with Crippen molar-refractivity contribution >= 4 is 17.8 Å². The van der Waals surface area contributed by atoms with E-state index in [9.17, 15) is 23.9 Å². The van der Waals surface area contributed by atoms with E-state index in [0.29, 0.717) is 24.9 Å². The van der Waals surface area contributed by atoms with E-state index < -0.39 is 40.7 Å². The van der Waals surface area contributed by atoms with Gasteiger partial charge in [-0.05, 0) is 30.5 Å². The Morgan fingerprint density at radius 3 is 2.68 bits per heavy atom. The first-order valence-electron chi connectivity index (χ1n) is 8.68. The summed E-state index contributed by atoms with van der Waals surface area (Å²) in [6, 6.07) is 4.87. The number of anilines is 1. The Morgan fingerprint density at radius 1 is 1.36 bits per heavy atom. The van der Waals surface area contributed by atoms with Crippen molar-refractivity contribution in [3.8, 4) is 5.75 Å². The van der Waals surface area contributed by atoms with Gasteiger partial charge in [0.15, 0.2) is 5.69 Å². The van der Waals surface area contributed by atoms with Crippen LogP contribution in [-0.4, -0.2) is 39.1 Å². The lowest BCUT2D eigenvalue weighted by Crippen LogP contribution is -2.43. The van der Waals surface area contributed by atoms with E-state index in [4.69, 9.17) is 5.73 Å². The number of amides is 2. The number of nitrogens with two attached hydrogens (primary N) is 1. The highest BCUT2D eigenvalue weighted by Gasteiger charge is 2.33. The first-order valence-corrected chi connectivity index (χ1v) is 8.68. The smallest absolute Gasteiger partial charge is 0.297 e.